The molecule has 0 aliphatic carbocycles. The summed E-state index contributed by atoms with van der Waals surface area (Å²) in [6, 6.07) is 14.9. The van der Waals surface area contributed by atoms with Crippen LogP contribution in [0.4, 0.5) is 0 Å². The Morgan fingerprint density at radius 2 is 1.68 bits per heavy atom. The number of pyridine rings is 1. The molecule has 0 aliphatic rings. The Balaban J connectivity index is 2.51. The van der Waals surface area contributed by atoms with E-state index in [-0.39, 0.29) is 24.6 Å². The molecule has 2 rings (SSSR count). The van der Waals surface area contributed by atoms with Crippen LogP contribution in [0.3, 0.4) is 0 Å². The van der Waals surface area contributed by atoms with Crippen molar-refractivity contribution in [2.45, 2.75) is 53.6 Å². The average molecular weight is 426 g/mol. The van der Waals surface area contributed by atoms with Crippen molar-refractivity contribution in [3.8, 4) is 5.88 Å². The summed E-state index contributed by atoms with van der Waals surface area (Å²) >= 11 is 0. The van der Waals surface area contributed by atoms with Gasteiger partial charge in [-0.2, -0.15) is 0 Å². The highest BCUT2D eigenvalue weighted by molar-refractivity contribution is 6.04. The normalized spacial score (nSPS) is 14.7. The highest BCUT2D eigenvalue weighted by Crippen LogP contribution is 2.46. The maximum Gasteiger partial charge on any atom is 0.320 e. The molecule has 0 spiro atoms. The fourth-order valence-electron chi connectivity index (χ4n) is 3.95. The van der Waals surface area contributed by atoms with E-state index in [9.17, 15) is 14.4 Å². The number of hydrogen-bond donors (Lipinski definition) is 0. The Bertz CT molecular complexity index is 911. The van der Waals surface area contributed by atoms with Crippen molar-refractivity contribution >= 4 is 17.5 Å². The van der Waals surface area contributed by atoms with Crippen molar-refractivity contribution in [1.29, 1.82) is 0 Å². The molecule has 0 saturated carbocycles. The van der Waals surface area contributed by atoms with Crippen LogP contribution in [0.15, 0.2) is 48.5 Å². The van der Waals surface area contributed by atoms with Gasteiger partial charge in [0.15, 0.2) is 0 Å². The largest absolute Gasteiger partial charge is 0.473 e. The van der Waals surface area contributed by atoms with E-state index in [2.05, 4.69) is 4.98 Å². The molecule has 0 bridgehead atoms. The second-order valence-corrected chi connectivity index (χ2v) is 7.65. The summed E-state index contributed by atoms with van der Waals surface area (Å²) in [7, 11) is 0. The molecule has 0 aliphatic heterocycles. The fourth-order valence-corrected chi connectivity index (χ4v) is 3.95. The van der Waals surface area contributed by atoms with Gasteiger partial charge in [-0.15, -0.1) is 0 Å². The predicted molar refractivity (Wildman–Crippen MR) is 118 cm³/mol. The molecule has 1 heterocycles. The third-order valence-corrected chi connectivity index (χ3v) is 5.79. The smallest absolute Gasteiger partial charge is 0.320 e. The van der Waals surface area contributed by atoms with Crippen LogP contribution in [0.1, 0.15) is 58.2 Å². The summed E-state index contributed by atoms with van der Waals surface area (Å²) in [5, 5.41) is 0. The van der Waals surface area contributed by atoms with Gasteiger partial charge in [-0.3, -0.25) is 14.4 Å². The van der Waals surface area contributed by atoms with Gasteiger partial charge in [0.25, 0.3) is 0 Å². The van der Waals surface area contributed by atoms with Crippen molar-refractivity contribution in [3.05, 3.63) is 59.8 Å². The average Bonchev–Trinajstić information content (AvgIpc) is 2.76. The van der Waals surface area contributed by atoms with Crippen molar-refractivity contribution < 1.29 is 23.9 Å². The number of carbonyl (C=O) groups is 3. The molecule has 6 nitrogen and oxygen atoms in total. The summed E-state index contributed by atoms with van der Waals surface area (Å²) in [6.45, 7) is 8.47. The Kier molecular flexibility index (Phi) is 8.48. The summed E-state index contributed by atoms with van der Waals surface area (Å²) in [5.74, 6) is -2.13. The summed E-state index contributed by atoms with van der Waals surface area (Å²) < 4.78 is 11.1. The monoisotopic (exact) mass is 425 g/mol. The molecule has 6 heteroatoms. The number of benzene rings is 1. The Labute approximate surface area is 184 Å². The molecule has 0 amide bonds. The molecule has 3 atom stereocenters. The van der Waals surface area contributed by atoms with Crippen molar-refractivity contribution in [3.63, 3.8) is 0 Å². The van der Waals surface area contributed by atoms with E-state index in [1.54, 1.807) is 39.0 Å². The first-order chi connectivity index (χ1) is 14.8. The molecule has 166 valence electrons. The van der Waals surface area contributed by atoms with Gasteiger partial charge in [0.05, 0.1) is 6.61 Å². The van der Waals surface area contributed by atoms with Crippen LogP contribution in [-0.2, 0) is 25.7 Å². The lowest BCUT2D eigenvalue weighted by Crippen LogP contribution is -2.47. The number of aromatic nitrogens is 1. The molecule has 1 aromatic heterocycles. The lowest BCUT2D eigenvalue weighted by Gasteiger charge is -2.38. The lowest BCUT2D eigenvalue weighted by molar-refractivity contribution is -0.163. The summed E-state index contributed by atoms with van der Waals surface area (Å²) in [6.07, 6.45) is 0.195. The second kappa shape index (κ2) is 10.8. The van der Waals surface area contributed by atoms with Gasteiger partial charge in [0, 0.05) is 23.6 Å². The van der Waals surface area contributed by atoms with Gasteiger partial charge in [0.1, 0.15) is 23.6 Å². The van der Waals surface area contributed by atoms with Gasteiger partial charge in [-0.25, -0.2) is 4.98 Å². The van der Waals surface area contributed by atoms with Crippen molar-refractivity contribution in [2.24, 2.45) is 11.3 Å². The van der Waals surface area contributed by atoms with E-state index in [0.29, 0.717) is 18.2 Å². The van der Waals surface area contributed by atoms with E-state index in [0.717, 1.165) is 5.56 Å². The van der Waals surface area contributed by atoms with Crippen LogP contribution in [0.5, 0.6) is 5.88 Å². The number of ether oxygens (including phenoxy) is 2. The second-order valence-electron chi connectivity index (χ2n) is 7.65. The number of nitrogens with zero attached hydrogens (tertiary/aromatic N) is 1. The molecule has 1 aromatic carbocycles. The molecule has 3 unspecified atom stereocenters. The Hall–Kier alpha value is -3.02. The molecular formula is C25H31NO5. The summed E-state index contributed by atoms with van der Waals surface area (Å²) in [4.78, 5) is 42.9. The first kappa shape index (κ1) is 24.3. The van der Waals surface area contributed by atoms with Crippen LogP contribution in [-0.4, -0.2) is 29.1 Å². The lowest BCUT2D eigenvalue weighted by atomic mass is 9.63. The first-order valence-electron chi connectivity index (χ1n) is 10.6. The van der Waals surface area contributed by atoms with Crippen LogP contribution in [0.2, 0.25) is 0 Å². The summed E-state index contributed by atoms with van der Waals surface area (Å²) in [5.41, 5.74) is -0.0634. The number of carbonyl (C=O) groups excluding carboxylic acids is 3. The molecule has 2 aromatic rings. The van der Waals surface area contributed by atoms with E-state index in [1.165, 1.54) is 13.8 Å². The maximum atomic E-state index is 13.1. The predicted octanol–water partition coefficient (Wildman–Crippen LogP) is 4.52. The van der Waals surface area contributed by atoms with Crippen LogP contribution in [0.25, 0.3) is 0 Å². The minimum atomic E-state index is -1.51. The number of rotatable bonds is 11. The number of hydrogen-bond acceptors (Lipinski definition) is 6. The van der Waals surface area contributed by atoms with E-state index in [4.69, 9.17) is 9.47 Å². The molecule has 31 heavy (non-hydrogen) atoms. The minimum Gasteiger partial charge on any atom is -0.473 e. The maximum absolute atomic E-state index is 13.1. The number of esters is 1. The first-order valence-corrected chi connectivity index (χ1v) is 10.6. The third-order valence-electron chi connectivity index (χ3n) is 5.79. The topological polar surface area (TPSA) is 82.6 Å². The van der Waals surface area contributed by atoms with E-state index >= 15 is 0 Å². The Morgan fingerprint density at radius 1 is 1.00 bits per heavy atom. The highest BCUT2D eigenvalue weighted by Gasteiger charge is 2.53. The molecule has 0 saturated heterocycles. The van der Waals surface area contributed by atoms with Gasteiger partial charge < -0.3 is 9.47 Å². The van der Waals surface area contributed by atoms with Crippen LogP contribution < -0.4 is 4.74 Å². The minimum absolute atomic E-state index is 0.134. The SMILES string of the molecule is CCOC(=O)C(CC)(C(C)=O)C(c1cccc(OCc2ccccc2)n1)C(C)C(C)=O. The van der Waals surface area contributed by atoms with E-state index in [1.807, 2.05) is 30.3 Å². The zero-order chi connectivity index (χ0) is 23.0. The molecule has 0 radical (unpaired) electrons. The van der Waals surface area contributed by atoms with Crippen molar-refractivity contribution in [2.75, 3.05) is 6.61 Å². The van der Waals surface area contributed by atoms with Gasteiger partial charge in [-0.05, 0) is 38.8 Å². The fraction of sp³-hybridized carbons (Fsp3) is 0.440. The number of ketones is 2. The standard InChI is InChI=1S/C25H31NO5/c1-6-25(19(5)28,24(29)30-7-2)23(17(3)18(4)27)21-14-11-15-22(26-21)31-16-20-12-9-8-10-13-20/h8-15,17,23H,6-7,16H2,1-5H3. The van der Waals surface area contributed by atoms with Gasteiger partial charge in [-0.1, -0.05) is 50.2 Å². The van der Waals surface area contributed by atoms with Gasteiger partial charge >= 0.3 is 5.97 Å². The molecular weight excluding hydrogens is 394 g/mol. The van der Waals surface area contributed by atoms with Crippen molar-refractivity contribution in [1.82, 2.24) is 4.98 Å². The third kappa shape index (κ3) is 5.37. The Morgan fingerprint density at radius 3 is 2.23 bits per heavy atom. The quantitative estimate of drug-likeness (QED) is 0.389. The van der Waals surface area contributed by atoms with E-state index < -0.39 is 23.2 Å². The molecule has 0 fully saturated rings. The van der Waals surface area contributed by atoms with Gasteiger partial charge in [0.2, 0.25) is 5.88 Å². The highest BCUT2D eigenvalue weighted by atomic mass is 16.5. The van der Waals surface area contributed by atoms with Crippen LogP contribution >= 0.6 is 0 Å². The molecule has 0 N–H and O–H groups in total. The zero-order valence-corrected chi connectivity index (χ0v) is 18.9. The zero-order valence-electron chi connectivity index (χ0n) is 18.9. The van der Waals surface area contributed by atoms with Crippen LogP contribution in [0, 0.1) is 11.3 Å². The number of Topliss-reactive ketones (excluding diaryl/α,β-unsaturated/α-hetero) is 2.